The van der Waals surface area contributed by atoms with Crippen LogP contribution in [0.2, 0.25) is 0 Å². The molecule has 19 heavy (non-hydrogen) atoms. The molecule has 0 fully saturated rings. The highest BCUT2D eigenvalue weighted by molar-refractivity contribution is 9.11. The Morgan fingerprint density at radius 1 is 1.37 bits per heavy atom. The average Bonchev–Trinajstić information content (AvgIpc) is 2.72. The molecule has 0 aromatic carbocycles. The number of amides is 2. The minimum absolute atomic E-state index is 0.0959. The molecular weight excluding hydrogens is 332 g/mol. The zero-order chi connectivity index (χ0) is 14.5. The van der Waals surface area contributed by atoms with Gasteiger partial charge in [0.15, 0.2) is 0 Å². The van der Waals surface area contributed by atoms with Gasteiger partial charge in [0.1, 0.15) is 0 Å². The fourth-order valence-electron chi connectivity index (χ4n) is 1.22. The zero-order valence-electron chi connectivity index (χ0n) is 10.8. The summed E-state index contributed by atoms with van der Waals surface area (Å²) in [5, 5.41) is 14.2. The molecule has 7 heteroatoms. The van der Waals surface area contributed by atoms with Gasteiger partial charge in [0.2, 0.25) is 0 Å². The van der Waals surface area contributed by atoms with E-state index in [-0.39, 0.29) is 12.6 Å². The molecule has 0 aliphatic heterocycles. The van der Waals surface area contributed by atoms with Crippen LogP contribution in [0.4, 0.5) is 4.79 Å². The van der Waals surface area contributed by atoms with Crippen LogP contribution in [0.15, 0.2) is 15.9 Å². The van der Waals surface area contributed by atoms with Crippen molar-refractivity contribution in [2.24, 2.45) is 5.41 Å². The van der Waals surface area contributed by atoms with Crippen molar-refractivity contribution in [2.75, 3.05) is 13.1 Å². The van der Waals surface area contributed by atoms with E-state index >= 15 is 0 Å². The van der Waals surface area contributed by atoms with Gasteiger partial charge in [-0.3, -0.25) is 4.79 Å². The number of rotatable bonds is 6. The lowest BCUT2D eigenvalue weighted by Gasteiger charge is -2.19. The summed E-state index contributed by atoms with van der Waals surface area (Å²) in [7, 11) is 0. The quantitative estimate of drug-likeness (QED) is 0.738. The molecule has 5 nitrogen and oxygen atoms in total. The van der Waals surface area contributed by atoms with Crippen LogP contribution >= 0.6 is 27.3 Å². The lowest BCUT2D eigenvalue weighted by atomic mass is 9.94. The maximum absolute atomic E-state index is 11.5. The van der Waals surface area contributed by atoms with E-state index in [9.17, 15) is 9.59 Å². The molecule has 0 saturated carbocycles. The van der Waals surface area contributed by atoms with Gasteiger partial charge in [-0.2, -0.15) is 0 Å². The smallest absolute Gasteiger partial charge is 0.314 e. The normalized spacial score (nSPS) is 11.1. The van der Waals surface area contributed by atoms with Crippen molar-refractivity contribution in [1.82, 2.24) is 10.6 Å². The third kappa shape index (κ3) is 5.61. The Kier molecular flexibility index (Phi) is 5.81. The molecule has 0 aliphatic rings. The molecule has 0 unspecified atom stereocenters. The number of carboxylic acid groups (broad SMARTS) is 1. The van der Waals surface area contributed by atoms with Gasteiger partial charge in [-0.1, -0.05) is 0 Å². The first-order valence-corrected chi connectivity index (χ1v) is 7.41. The molecule has 0 spiro atoms. The third-order valence-electron chi connectivity index (χ3n) is 2.56. The van der Waals surface area contributed by atoms with E-state index in [1.165, 1.54) is 4.88 Å². The van der Waals surface area contributed by atoms with E-state index in [0.29, 0.717) is 6.54 Å². The van der Waals surface area contributed by atoms with Crippen LogP contribution < -0.4 is 10.6 Å². The minimum atomic E-state index is -0.962. The summed E-state index contributed by atoms with van der Waals surface area (Å²) in [6, 6.07) is 3.63. The summed E-state index contributed by atoms with van der Waals surface area (Å²) in [6.45, 7) is 3.75. The maximum atomic E-state index is 11.5. The van der Waals surface area contributed by atoms with E-state index in [2.05, 4.69) is 26.6 Å². The number of carboxylic acids is 1. The predicted molar refractivity (Wildman–Crippen MR) is 78.5 cm³/mol. The first-order valence-electron chi connectivity index (χ1n) is 5.80. The predicted octanol–water partition coefficient (Wildman–Crippen LogP) is 2.46. The molecular formula is C12H17BrN2O3S. The van der Waals surface area contributed by atoms with Crippen LogP contribution in [0.25, 0.3) is 0 Å². The van der Waals surface area contributed by atoms with Crippen molar-refractivity contribution >= 4 is 39.3 Å². The largest absolute Gasteiger partial charge is 0.481 e. The molecule has 1 rings (SSSR count). The highest BCUT2D eigenvalue weighted by Gasteiger charge is 2.27. The molecule has 1 aromatic rings. The number of carbonyl (C=O) groups is 2. The van der Waals surface area contributed by atoms with E-state index in [4.69, 9.17) is 5.11 Å². The number of halogens is 1. The number of carbonyl (C=O) groups excluding carboxylic acids is 1. The molecule has 0 radical (unpaired) electrons. The van der Waals surface area contributed by atoms with E-state index in [1.54, 1.807) is 25.2 Å². The number of aliphatic carboxylic acids is 1. The second-order valence-corrected chi connectivity index (χ2v) is 7.30. The molecule has 0 atom stereocenters. The number of hydrogen-bond acceptors (Lipinski definition) is 3. The van der Waals surface area contributed by atoms with Crippen LogP contribution in [-0.2, 0) is 11.2 Å². The number of hydrogen-bond donors (Lipinski definition) is 3. The van der Waals surface area contributed by atoms with Crippen LogP contribution in [0.1, 0.15) is 18.7 Å². The Balaban J connectivity index is 2.23. The van der Waals surface area contributed by atoms with Gasteiger partial charge < -0.3 is 15.7 Å². The fraction of sp³-hybridized carbons (Fsp3) is 0.500. The first kappa shape index (κ1) is 16.0. The highest BCUT2D eigenvalue weighted by Crippen LogP contribution is 2.22. The molecule has 1 heterocycles. The Bertz CT molecular complexity index is 460. The summed E-state index contributed by atoms with van der Waals surface area (Å²) in [6.07, 6.45) is 0.756. The Morgan fingerprint density at radius 2 is 2.05 bits per heavy atom. The van der Waals surface area contributed by atoms with Crippen LogP contribution in [0.3, 0.4) is 0 Å². The molecule has 0 saturated heterocycles. The van der Waals surface area contributed by atoms with Gasteiger partial charge in [-0.05, 0) is 48.3 Å². The van der Waals surface area contributed by atoms with Crippen LogP contribution in [0, 0.1) is 5.41 Å². The molecule has 0 bridgehead atoms. The topological polar surface area (TPSA) is 78.4 Å². The van der Waals surface area contributed by atoms with Gasteiger partial charge in [0.25, 0.3) is 0 Å². The third-order valence-corrected chi connectivity index (χ3v) is 4.24. The standard InChI is InChI=1S/C12H17BrN2O3S/c1-12(2,10(16)17)7-15-11(18)14-6-5-8-3-4-9(13)19-8/h3-4H,5-7H2,1-2H3,(H,16,17)(H2,14,15,18). The minimum Gasteiger partial charge on any atom is -0.481 e. The van der Waals surface area contributed by atoms with Crippen molar-refractivity contribution in [2.45, 2.75) is 20.3 Å². The van der Waals surface area contributed by atoms with Crippen molar-refractivity contribution in [3.8, 4) is 0 Å². The average molecular weight is 349 g/mol. The van der Waals surface area contributed by atoms with Crippen LogP contribution in [0.5, 0.6) is 0 Å². The van der Waals surface area contributed by atoms with Gasteiger partial charge >= 0.3 is 12.0 Å². The Hall–Kier alpha value is -1.08. The van der Waals surface area contributed by atoms with Crippen LogP contribution in [-0.4, -0.2) is 30.2 Å². The van der Waals surface area contributed by atoms with Crippen molar-refractivity contribution < 1.29 is 14.7 Å². The second-order valence-electron chi connectivity index (χ2n) is 4.75. The van der Waals surface area contributed by atoms with Crippen molar-refractivity contribution in [3.63, 3.8) is 0 Å². The number of urea groups is 1. The number of nitrogens with one attached hydrogen (secondary N) is 2. The van der Waals surface area contributed by atoms with E-state index < -0.39 is 11.4 Å². The fourth-order valence-corrected chi connectivity index (χ4v) is 2.71. The van der Waals surface area contributed by atoms with E-state index in [1.807, 2.05) is 12.1 Å². The van der Waals surface area contributed by atoms with Crippen molar-refractivity contribution in [3.05, 3.63) is 20.8 Å². The molecule has 1 aromatic heterocycles. The van der Waals surface area contributed by atoms with Crippen molar-refractivity contribution in [1.29, 1.82) is 0 Å². The highest BCUT2D eigenvalue weighted by atomic mass is 79.9. The molecule has 0 aliphatic carbocycles. The lowest BCUT2D eigenvalue weighted by Crippen LogP contribution is -2.43. The molecule has 106 valence electrons. The van der Waals surface area contributed by atoms with Gasteiger partial charge in [0, 0.05) is 18.0 Å². The summed E-state index contributed by atoms with van der Waals surface area (Å²) in [5.74, 6) is -0.934. The monoisotopic (exact) mass is 348 g/mol. The summed E-state index contributed by atoms with van der Waals surface area (Å²) >= 11 is 5.00. The van der Waals surface area contributed by atoms with Gasteiger partial charge in [0.05, 0.1) is 9.20 Å². The Labute approximate surface area is 124 Å². The van der Waals surface area contributed by atoms with Gasteiger partial charge in [-0.25, -0.2) is 4.79 Å². The lowest BCUT2D eigenvalue weighted by molar-refractivity contribution is -0.146. The summed E-state index contributed by atoms with van der Waals surface area (Å²) in [5.41, 5.74) is -0.962. The molecule has 3 N–H and O–H groups in total. The zero-order valence-corrected chi connectivity index (χ0v) is 13.2. The Morgan fingerprint density at radius 3 is 2.58 bits per heavy atom. The molecule has 2 amide bonds. The van der Waals surface area contributed by atoms with E-state index in [0.717, 1.165) is 10.2 Å². The van der Waals surface area contributed by atoms with Gasteiger partial charge in [-0.15, -0.1) is 11.3 Å². The SMILES string of the molecule is CC(C)(CNC(=O)NCCc1ccc(Br)s1)C(=O)O. The number of thiophene rings is 1. The summed E-state index contributed by atoms with van der Waals surface area (Å²) < 4.78 is 1.06. The first-order chi connectivity index (χ1) is 8.81. The summed E-state index contributed by atoms with van der Waals surface area (Å²) in [4.78, 5) is 23.5. The maximum Gasteiger partial charge on any atom is 0.314 e. The second kappa shape index (κ2) is 6.91.